The van der Waals surface area contributed by atoms with Crippen molar-refractivity contribution < 1.29 is 0 Å². The lowest BCUT2D eigenvalue weighted by molar-refractivity contribution is 1.27. The van der Waals surface area contributed by atoms with E-state index in [1.54, 1.807) is 6.20 Å². The van der Waals surface area contributed by atoms with Crippen molar-refractivity contribution >= 4 is 16.9 Å². The maximum atomic E-state index is 4.57. The molecule has 0 saturated heterocycles. The van der Waals surface area contributed by atoms with Gasteiger partial charge in [0.1, 0.15) is 5.82 Å². The summed E-state index contributed by atoms with van der Waals surface area (Å²) in [6, 6.07) is 9.89. The molecule has 90 valence electrons. The summed E-state index contributed by atoms with van der Waals surface area (Å²) in [5.41, 5.74) is 5.13. The molecule has 0 aliphatic rings. The zero-order valence-corrected chi connectivity index (χ0v) is 10.4. The van der Waals surface area contributed by atoms with Crippen molar-refractivity contribution in [3.8, 4) is 11.4 Å². The van der Waals surface area contributed by atoms with E-state index < -0.39 is 0 Å². The zero-order valence-electron chi connectivity index (χ0n) is 10.4. The normalized spacial score (nSPS) is 10.8. The third-order valence-corrected chi connectivity index (χ3v) is 3.06. The molecule has 4 nitrogen and oxygen atoms in total. The van der Waals surface area contributed by atoms with Crippen LogP contribution in [-0.4, -0.2) is 22.0 Å². The van der Waals surface area contributed by atoms with E-state index >= 15 is 0 Å². The molecule has 0 spiro atoms. The number of hydrogen-bond acceptors (Lipinski definition) is 3. The number of aryl methyl sites for hydroxylation is 1. The van der Waals surface area contributed by atoms with Gasteiger partial charge in [-0.1, -0.05) is 6.07 Å². The van der Waals surface area contributed by atoms with Gasteiger partial charge in [0.15, 0.2) is 0 Å². The molecule has 3 heterocycles. The van der Waals surface area contributed by atoms with Crippen LogP contribution in [-0.2, 0) is 0 Å². The Bertz CT molecular complexity index is 686. The van der Waals surface area contributed by atoms with Crippen LogP contribution < -0.4 is 5.32 Å². The number of H-pyrrole nitrogens is 1. The summed E-state index contributed by atoms with van der Waals surface area (Å²) in [6.45, 7) is 2.06. The Morgan fingerprint density at radius 1 is 1.17 bits per heavy atom. The third kappa shape index (κ3) is 1.62. The smallest absolute Gasteiger partial charge is 0.126 e. The van der Waals surface area contributed by atoms with Crippen molar-refractivity contribution in [2.75, 3.05) is 12.4 Å². The minimum Gasteiger partial charge on any atom is -0.373 e. The Hall–Kier alpha value is -2.36. The molecular formula is C14H14N4. The van der Waals surface area contributed by atoms with Gasteiger partial charge in [-0.05, 0) is 31.2 Å². The van der Waals surface area contributed by atoms with E-state index in [1.807, 2.05) is 37.4 Å². The lowest BCUT2D eigenvalue weighted by Gasteiger charge is -1.99. The van der Waals surface area contributed by atoms with Gasteiger partial charge in [0.05, 0.1) is 22.4 Å². The molecule has 4 heteroatoms. The molecule has 3 rings (SSSR count). The predicted octanol–water partition coefficient (Wildman–Crippen LogP) is 2.98. The summed E-state index contributed by atoms with van der Waals surface area (Å²) in [4.78, 5) is 12.3. The second-order valence-electron chi connectivity index (χ2n) is 4.18. The average molecular weight is 238 g/mol. The molecule has 0 aliphatic heterocycles. The summed E-state index contributed by atoms with van der Waals surface area (Å²) in [7, 11) is 1.87. The van der Waals surface area contributed by atoms with Crippen LogP contribution in [0.3, 0.4) is 0 Å². The molecule has 18 heavy (non-hydrogen) atoms. The van der Waals surface area contributed by atoms with E-state index in [2.05, 4.69) is 27.2 Å². The van der Waals surface area contributed by atoms with Crippen LogP contribution in [0.2, 0.25) is 0 Å². The van der Waals surface area contributed by atoms with Crippen molar-refractivity contribution in [2.24, 2.45) is 0 Å². The molecule has 0 atom stereocenters. The van der Waals surface area contributed by atoms with Gasteiger partial charge in [-0.25, -0.2) is 4.98 Å². The fourth-order valence-electron chi connectivity index (χ4n) is 2.10. The number of rotatable bonds is 2. The van der Waals surface area contributed by atoms with Gasteiger partial charge < -0.3 is 10.3 Å². The molecule has 0 aromatic carbocycles. The minimum absolute atomic E-state index is 0.872. The Morgan fingerprint density at radius 3 is 2.78 bits per heavy atom. The second-order valence-corrected chi connectivity index (χ2v) is 4.18. The van der Waals surface area contributed by atoms with Crippen molar-refractivity contribution in [3.05, 3.63) is 42.1 Å². The molecule has 0 saturated carbocycles. The number of aromatic nitrogens is 3. The first kappa shape index (κ1) is 10.8. The first-order valence-corrected chi connectivity index (χ1v) is 5.88. The number of fused-ring (bicyclic) bond motifs is 1. The lowest BCUT2D eigenvalue weighted by Crippen LogP contribution is -1.91. The molecule has 2 N–H and O–H groups in total. The fraction of sp³-hybridized carbons (Fsp3) is 0.143. The molecular weight excluding hydrogens is 224 g/mol. The minimum atomic E-state index is 0.872. The van der Waals surface area contributed by atoms with Crippen molar-refractivity contribution in [2.45, 2.75) is 6.92 Å². The van der Waals surface area contributed by atoms with Crippen LogP contribution >= 0.6 is 0 Å². The maximum Gasteiger partial charge on any atom is 0.126 e. The van der Waals surface area contributed by atoms with Gasteiger partial charge in [-0.3, -0.25) is 4.98 Å². The standard InChI is InChI=1S/C14H14N4/c1-9-13(10-5-3-4-8-16-10)17-11-6-7-12(15-2)18-14(9)11/h3-8,17H,1-2H3,(H,15,18). The quantitative estimate of drug-likeness (QED) is 0.721. The number of anilines is 1. The van der Waals surface area contributed by atoms with E-state index in [1.165, 1.54) is 0 Å². The number of aromatic amines is 1. The Balaban J connectivity index is 2.23. The van der Waals surface area contributed by atoms with Gasteiger partial charge in [0, 0.05) is 18.8 Å². The van der Waals surface area contributed by atoms with Gasteiger partial charge in [0.25, 0.3) is 0 Å². The first-order chi connectivity index (χ1) is 8.79. The molecule has 3 aromatic heterocycles. The topological polar surface area (TPSA) is 53.6 Å². The highest BCUT2D eigenvalue weighted by Gasteiger charge is 2.11. The Labute approximate surface area is 105 Å². The SMILES string of the molecule is CNc1ccc2[nH]c(-c3ccccn3)c(C)c2n1. The van der Waals surface area contributed by atoms with E-state index in [9.17, 15) is 0 Å². The second kappa shape index (κ2) is 4.14. The Morgan fingerprint density at radius 2 is 2.06 bits per heavy atom. The predicted molar refractivity (Wildman–Crippen MR) is 73.6 cm³/mol. The number of nitrogens with zero attached hydrogens (tertiary/aromatic N) is 2. The van der Waals surface area contributed by atoms with E-state index in [-0.39, 0.29) is 0 Å². The van der Waals surface area contributed by atoms with Gasteiger partial charge in [-0.15, -0.1) is 0 Å². The highest BCUT2D eigenvalue weighted by atomic mass is 15.0. The first-order valence-electron chi connectivity index (χ1n) is 5.88. The molecule has 0 fully saturated rings. The van der Waals surface area contributed by atoms with E-state index in [0.29, 0.717) is 0 Å². The molecule has 0 radical (unpaired) electrons. The largest absolute Gasteiger partial charge is 0.373 e. The average Bonchev–Trinajstić information content (AvgIpc) is 2.77. The lowest BCUT2D eigenvalue weighted by atomic mass is 10.2. The summed E-state index contributed by atoms with van der Waals surface area (Å²) in [6.07, 6.45) is 1.80. The number of nitrogens with one attached hydrogen (secondary N) is 2. The fourth-order valence-corrected chi connectivity index (χ4v) is 2.10. The molecule has 0 aliphatic carbocycles. The van der Waals surface area contributed by atoms with E-state index in [0.717, 1.165) is 33.8 Å². The summed E-state index contributed by atoms with van der Waals surface area (Å²) in [5, 5.41) is 3.05. The van der Waals surface area contributed by atoms with E-state index in [4.69, 9.17) is 0 Å². The summed E-state index contributed by atoms with van der Waals surface area (Å²) < 4.78 is 0. The van der Waals surface area contributed by atoms with Gasteiger partial charge in [-0.2, -0.15) is 0 Å². The molecule has 3 aromatic rings. The third-order valence-electron chi connectivity index (χ3n) is 3.06. The molecule has 0 amide bonds. The summed E-state index contributed by atoms with van der Waals surface area (Å²) >= 11 is 0. The van der Waals surface area contributed by atoms with Crippen LogP contribution in [0.5, 0.6) is 0 Å². The Kier molecular flexibility index (Phi) is 2.48. The number of pyridine rings is 2. The highest BCUT2D eigenvalue weighted by molar-refractivity contribution is 5.87. The van der Waals surface area contributed by atoms with Crippen molar-refractivity contribution in [1.29, 1.82) is 0 Å². The molecule has 0 bridgehead atoms. The van der Waals surface area contributed by atoms with Gasteiger partial charge >= 0.3 is 0 Å². The van der Waals surface area contributed by atoms with Crippen LogP contribution in [0.1, 0.15) is 5.56 Å². The van der Waals surface area contributed by atoms with Crippen LogP contribution in [0, 0.1) is 6.92 Å². The monoisotopic (exact) mass is 238 g/mol. The van der Waals surface area contributed by atoms with Crippen LogP contribution in [0.25, 0.3) is 22.4 Å². The van der Waals surface area contributed by atoms with Crippen molar-refractivity contribution in [3.63, 3.8) is 0 Å². The highest BCUT2D eigenvalue weighted by Crippen LogP contribution is 2.27. The number of hydrogen-bond donors (Lipinski definition) is 2. The maximum absolute atomic E-state index is 4.57. The zero-order chi connectivity index (χ0) is 12.5. The van der Waals surface area contributed by atoms with Gasteiger partial charge in [0.2, 0.25) is 0 Å². The van der Waals surface area contributed by atoms with Crippen LogP contribution in [0.15, 0.2) is 36.5 Å². The van der Waals surface area contributed by atoms with Crippen LogP contribution in [0.4, 0.5) is 5.82 Å². The summed E-state index contributed by atoms with van der Waals surface area (Å²) in [5.74, 6) is 0.872. The van der Waals surface area contributed by atoms with Crippen molar-refractivity contribution in [1.82, 2.24) is 15.0 Å². The molecule has 0 unspecified atom stereocenters.